The molecular formula is C44H55N3O5Si2. The van der Waals surface area contributed by atoms with Crippen LogP contribution in [-0.4, -0.2) is 61.9 Å². The van der Waals surface area contributed by atoms with Crippen molar-refractivity contribution in [1.29, 1.82) is 0 Å². The highest BCUT2D eigenvalue weighted by molar-refractivity contribution is 7.00. The summed E-state index contributed by atoms with van der Waals surface area (Å²) in [6, 6.07) is 41.3. The van der Waals surface area contributed by atoms with Crippen molar-refractivity contribution in [2.45, 2.75) is 90.1 Å². The molecule has 1 heterocycles. The van der Waals surface area contributed by atoms with Crippen LogP contribution in [0.15, 0.2) is 134 Å². The van der Waals surface area contributed by atoms with Crippen LogP contribution in [0.5, 0.6) is 0 Å². The first-order chi connectivity index (χ1) is 25.7. The van der Waals surface area contributed by atoms with Crippen molar-refractivity contribution in [3.8, 4) is 0 Å². The van der Waals surface area contributed by atoms with Gasteiger partial charge in [-0.15, -0.1) is 0 Å². The number of carbonyl (C=O) groups excluding carboxylic acids is 1. The van der Waals surface area contributed by atoms with Gasteiger partial charge in [0, 0.05) is 12.6 Å². The zero-order chi connectivity index (χ0) is 39.0. The molecule has 1 aromatic heterocycles. The van der Waals surface area contributed by atoms with E-state index in [2.05, 4.69) is 149 Å². The number of hydrogen-bond donors (Lipinski definition) is 2. The number of amides is 1. The van der Waals surface area contributed by atoms with Gasteiger partial charge >= 0.3 is 5.97 Å². The summed E-state index contributed by atoms with van der Waals surface area (Å²) in [7, 11) is -5.82. The number of hydrogen-bond acceptors (Lipinski definition) is 5. The second-order valence-corrected chi connectivity index (χ2v) is 24.7. The van der Waals surface area contributed by atoms with Gasteiger partial charge in [-0.1, -0.05) is 163 Å². The zero-order valence-electron chi connectivity index (χ0n) is 32.7. The summed E-state index contributed by atoms with van der Waals surface area (Å²) in [5.74, 6) is -1.10. The van der Waals surface area contributed by atoms with Gasteiger partial charge in [-0.05, 0) is 37.7 Å². The van der Waals surface area contributed by atoms with Crippen molar-refractivity contribution in [1.82, 2.24) is 14.9 Å². The maximum atomic E-state index is 14.2. The average Bonchev–Trinajstić information content (AvgIpc) is 3.57. The Morgan fingerprint density at radius 2 is 1.15 bits per heavy atom. The van der Waals surface area contributed by atoms with Crippen molar-refractivity contribution in [3.05, 3.63) is 140 Å². The molecule has 284 valence electrons. The molecule has 0 spiro atoms. The van der Waals surface area contributed by atoms with E-state index in [1.54, 1.807) is 10.8 Å². The van der Waals surface area contributed by atoms with Crippen molar-refractivity contribution in [2.24, 2.45) is 0 Å². The van der Waals surface area contributed by atoms with Crippen molar-refractivity contribution in [3.63, 3.8) is 0 Å². The summed E-state index contributed by atoms with van der Waals surface area (Å²) in [5.41, 5.74) is 0.671. The van der Waals surface area contributed by atoms with Crippen LogP contribution in [0.25, 0.3) is 0 Å². The van der Waals surface area contributed by atoms with Gasteiger partial charge in [0.25, 0.3) is 16.6 Å². The molecule has 2 N–H and O–H groups in total. The van der Waals surface area contributed by atoms with Crippen LogP contribution in [0.1, 0.15) is 60.6 Å². The standard InChI is InChI=1S/C44H55N3O5Si2/c1-34(52-54(44(5,6)7,39-24-16-10-17-25-39)40-26-18-11-19-27-40)28-41(48)46-36(29-35-30-47(33-45-35)31-42(49)50)32-51-53(43(2,3)4,37-20-12-8-13-21-37)38-22-14-9-15-23-38/h8-27,30,33-34,36H,28-29,31-32H2,1-7H3,(H,46,48)(H,49,50)/t34-,36+/m1/s1. The van der Waals surface area contributed by atoms with Gasteiger partial charge in [0.15, 0.2) is 0 Å². The lowest BCUT2D eigenvalue weighted by Gasteiger charge is -2.44. The van der Waals surface area contributed by atoms with E-state index >= 15 is 0 Å². The Kier molecular flexibility index (Phi) is 12.9. The van der Waals surface area contributed by atoms with Crippen LogP contribution in [-0.2, 0) is 31.4 Å². The van der Waals surface area contributed by atoms with Gasteiger partial charge in [-0.2, -0.15) is 0 Å². The highest BCUT2D eigenvalue weighted by Crippen LogP contribution is 2.38. The second kappa shape index (κ2) is 17.2. The van der Waals surface area contributed by atoms with E-state index in [1.165, 1.54) is 6.33 Å². The van der Waals surface area contributed by atoms with Gasteiger partial charge in [0.2, 0.25) is 5.91 Å². The molecule has 4 aromatic carbocycles. The van der Waals surface area contributed by atoms with E-state index in [-0.39, 0.29) is 35.6 Å². The highest BCUT2D eigenvalue weighted by atomic mass is 28.4. The molecule has 0 fully saturated rings. The van der Waals surface area contributed by atoms with Crippen LogP contribution in [0.4, 0.5) is 0 Å². The third-order valence-corrected chi connectivity index (χ3v) is 20.2. The first kappa shape index (κ1) is 40.6. The number of carboxylic acids is 1. The molecule has 5 aromatic rings. The first-order valence-electron chi connectivity index (χ1n) is 18.7. The van der Waals surface area contributed by atoms with Gasteiger partial charge < -0.3 is 23.8 Å². The Morgan fingerprint density at radius 1 is 0.722 bits per heavy atom. The van der Waals surface area contributed by atoms with Gasteiger partial charge in [0.05, 0.1) is 37.2 Å². The van der Waals surface area contributed by atoms with Crippen molar-refractivity contribution in [2.75, 3.05) is 6.61 Å². The number of rotatable bonds is 16. The molecule has 0 radical (unpaired) electrons. The number of carboxylic acid groups (broad SMARTS) is 1. The third-order valence-electron chi connectivity index (χ3n) is 10.0. The highest BCUT2D eigenvalue weighted by Gasteiger charge is 2.52. The van der Waals surface area contributed by atoms with Crippen LogP contribution in [0.3, 0.4) is 0 Å². The Bertz CT molecular complexity index is 1860. The molecule has 0 saturated carbocycles. The van der Waals surface area contributed by atoms with Crippen LogP contribution >= 0.6 is 0 Å². The third kappa shape index (κ3) is 9.18. The van der Waals surface area contributed by atoms with E-state index in [9.17, 15) is 14.7 Å². The van der Waals surface area contributed by atoms with Crippen LogP contribution in [0.2, 0.25) is 10.1 Å². The largest absolute Gasteiger partial charge is 0.480 e. The molecule has 0 bridgehead atoms. The number of nitrogens with one attached hydrogen (secondary N) is 1. The first-order valence-corrected chi connectivity index (χ1v) is 22.5. The summed E-state index contributed by atoms with van der Waals surface area (Å²) < 4.78 is 16.1. The molecule has 0 saturated heterocycles. The minimum atomic E-state index is -2.93. The van der Waals surface area contributed by atoms with Crippen LogP contribution in [0, 0.1) is 0 Å². The van der Waals surface area contributed by atoms with E-state index < -0.39 is 34.7 Å². The number of aromatic nitrogens is 2. The smallest absolute Gasteiger partial charge is 0.323 e. The SMILES string of the molecule is C[C@H](CC(=O)N[C@H](CO[Si](c1ccccc1)(c1ccccc1)C(C)(C)C)Cc1cn(CC(=O)O)cn1)O[Si](c1ccccc1)(c1ccccc1)C(C)(C)C. The van der Waals surface area contributed by atoms with Gasteiger partial charge in [-0.3, -0.25) is 9.59 Å². The summed E-state index contributed by atoms with van der Waals surface area (Å²) in [4.78, 5) is 30.1. The molecular weight excluding hydrogens is 707 g/mol. The number of benzene rings is 4. The fourth-order valence-electron chi connectivity index (χ4n) is 7.73. The minimum absolute atomic E-state index is 0.146. The summed E-state index contributed by atoms with van der Waals surface area (Å²) >= 11 is 0. The predicted octanol–water partition coefficient (Wildman–Crippen LogP) is 5.93. The van der Waals surface area contributed by atoms with E-state index in [4.69, 9.17) is 8.85 Å². The number of imidazole rings is 1. The Labute approximate surface area is 322 Å². The van der Waals surface area contributed by atoms with Gasteiger partial charge in [-0.25, -0.2) is 4.98 Å². The molecule has 0 unspecified atom stereocenters. The minimum Gasteiger partial charge on any atom is -0.480 e. The summed E-state index contributed by atoms with van der Waals surface area (Å²) in [6.45, 7) is 15.4. The molecule has 0 aliphatic carbocycles. The average molecular weight is 762 g/mol. The maximum absolute atomic E-state index is 14.2. The lowest BCUT2D eigenvalue weighted by molar-refractivity contribution is -0.137. The van der Waals surface area contributed by atoms with Crippen LogP contribution < -0.4 is 26.1 Å². The molecule has 2 atom stereocenters. The molecule has 54 heavy (non-hydrogen) atoms. The van der Waals surface area contributed by atoms with Crippen molar-refractivity contribution >= 4 is 49.3 Å². The lowest BCUT2D eigenvalue weighted by Crippen LogP contribution is -2.68. The molecule has 5 rings (SSSR count). The van der Waals surface area contributed by atoms with E-state index in [0.29, 0.717) is 12.1 Å². The predicted molar refractivity (Wildman–Crippen MR) is 222 cm³/mol. The second-order valence-electron chi connectivity index (χ2n) is 16.2. The molecule has 8 nitrogen and oxygen atoms in total. The molecule has 1 amide bonds. The Balaban J connectivity index is 1.45. The summed E-state index contributed by atoms with van der Waals surface area (Å²) in [5, 5.41) is 16.8. The number of aliphatic carboxylic acids is 1. The fraction of sp³-hybridized carbons (Fsp3) is 0.341. The Morgan fingerprint density at radius 3 is 1.56 bits per heavy atom. The number of carbonyl (C=O) groups is 2. The van der Waals surface area contributed by atoms with E-state index in [1.807, 2.05) is 31.2 Å². The topological polar surface area (TPSA) is 103 Å². The Hall–Kier alpha value is -4.62. The van der Waals surface area contributed by atoms with Crippen molar-refractivity contribution < 1.29 is 23.5 Å². The molecule has 0 aliphatic rings. The normalized spacial score (nSPS) is 13.6. The fourth-order valence-corrected chi connectivity index (χ4v) is 17.0. The summed E-state index contributed by atoms with van der Waals surface area (Å²) in [6.07, 6.45) is 3.36. The molecule has 0 aliphatic heterocycles. The quantitative estimate of drug-likeness (QED) is 0.121. The van der Waals surface area contributed by atoms with E-state index in [0.717, 1.165) is 20.7 Å². The monoisotopic (exact) mass is 761 g/mol. The zero-order valence-corrected chi connectivity index (χ0v) is 34.7. The lowest BCUT2D eigenvalue weighted by atomic mass is 10.1. The maximum Gasteiger partial charge on any atom is 0.323 e. The number of nitrogens with zero attached hydrogens (tertiary/aromatic N) is 2. The van der Waals surface area contributed by atoms with Gasteiger partial charge in [0.1, 0.15) is 6.54 Å². The molecule has 10 heteroatoms.